The van der Waals surface area contributed by atoms with Gasteiger partial charge in [-0.2, -0.15) is 0 Å². The lowest BCUT2D eigenvalue weighted by Gasteiger charge is -2.29. The van der Waals surface area contributed by atoms with E-state index in [0.717, 1.165) is 12.8 Å². The molecule has 0 spiro atoms. The highest BCUT2D eigenvalue weighted by molar-refractivity contribution is 5.98. The SMILES string of the molecule is COC(CCCCN=C=O)(OC)O[SiH3]. The van der Waals surface area contributed by atoms with Gasteiger partial charge in [-0.05, 0) is 12.8 Å². The molecule has 0 bridgehead atoms. The predicted molar refractivity (Wildman–Crippen MR) is 54.6 cm³/mol. The van der Waals surface area contributed by atoms with Crippen LogP contribution in [-0.2, 0) is 18.7 Å². The number of hydrogen-bond acceptors (Lipinski definition) is 5. The Morgan fingerprint density at radius 2 is 2.00 bits per heavy atom. The fourth-order valence-electron chi connectivity index (χ4n) is 1.13. The monoisotopic (exact) mass is 219 g/mol. The molecule has 0 amide bonds. The second-order valence-corrected chi connectivity index (χ2v) is 3.13. The Labute approximate surface area is 87.0 Å². The van der Waals surface area contributed by atoms with Crippen molar-refractivity contribution in [3.05, 3.63) is 0 Å². The van der Waals surface area contributed by atoms with Gasteiger partial charge in [-0.3, -0.25) is 0 Å². The molecule has 0 aliphatic heterocycles. The summed E-state index contributed by atoms with van der Waals surface area (Å²) < 4.78 is 15.5. The van der Waals surface area contributed by atoms with Crippen molar-refractivity contribution in [2.45, 2.75) is 25.2 Å². The van der Waals surface area contributed by atoms with E-state index in [1.54, 1.807) is 14.2 Å². The molecular formula is C8H17NO4Si. The molecule has 82 valence electrons. The third-order valence-corrected chi connectivity index (χ3v) is 2.62. The molecule has 5 nitrogen and oxygen atoms in total. The number of hydrogen-bond donors (Lipinski definition) is 0. The third kappa shape index (κ3) is 4.64. The molecule has 0 N–H and O–H groups in total. The van der Waals surface area contributed by atoms with Gasteiger partial charge in [0.05, 0.1) is 6.54 Å². The van der Waals surface area contributed by atoms with Crippen molar-refractivity contribution in [1.82, 2.24) is 0 Å². The average Bonchev–Trinajstić information content (AvgIpc) is 2.24. The standard InChI is InChI=1S/C8H17NO4Si/c1-11-8(12-2,13-14)5-3-4-6-9-7-10/h3-6H2,1-2,14H3. The molecule has 6 heteroatoms. The first-order valence-corrected chi connectivity index (χ1v) is 5.25. The van der Waals surface area contributed by atoms with Gasteiger partial charge >= 0.3 is 0 Å². The summed E-state index contributed by atoms with van der Waals surface area (Å²) in [6.07, 6.45) is 3.76. The summed E-state index contributed by atoms with van der Waals surface area (Å²) >= 11 is 0. The van der Waals surface area contributed by atoms with E-state index < -0.39 is 5.97 Å². The summed E-state index contributed by atoms with van der Waals surface area (Å²) in [5.41, 5.74) is 0. The number of ether oxygens (including phenoxy) is 2. The van der Waals surface area contributed by atoms with Crippen LogP contribution in [0.1, 0.15) is 19.3 Å². The topological polar surface area (TPSA) is 57.1 Å². The van der Waals surface area contributed by atoms with E-state index in [-0.39, 0.29) is 0 Å². The minimum atomic E-state index is -0.906. The molecule has 0 saturated heterocycles. The van der Waals surface area contributed by atoms with Crippen LogP contribution in [0.2, 0.25) is 0 Å². The van der Waals surface area contributed by atoms with Gasteiger partial charge < -0.3 is 13.9 Å². The molecular weight excluding hydrogens is 202 g/mol. The van der Waals surface area contributed by atoms with E-state index in [4.69, 9.17) is 13.9 Å². The lowest BCUT2D eigenvalue weighted by atomic mass is 10.2. The summed E-state index contributed by atoms with van der Waals surface area (Å²) in [6.45, 7) is 0.494. The second-order valence-electron chi connectivity index (χ2n) is 2.73. The summed E-state index contributed by atoms with van der Waals surface area (Å²) in [7, 11) is 3.64. The highest BCUT2D eigenvalue weighted by Gasteiger charge is 2.27. The van der Waals surface area contributed by atoms with Crippen molar-refractivity contribution >= 4 is 16.6 Å². The maximum atomic E-state index is 9.77. The Hall–Kier alpha value is -0.523. The zero-order valence-electron chi connectivity index (χ0n) is 8.91. The minimum Gasteiger partial charge on any atom is -0.380 e. The number of nitrogens with zero attached hydrogens (tertiary/aromatic N) is 1. The molecule has 0 unspecified atom stereocenters. The van der Waals surface area contributed by atoms with Crippen molar-refractivity contribution < 1.29 is 18.7 Å². The fourth-order valence-corrected chi connectivity index (χ4v) is 1.67. The smallest absolute Gasteiger partial charge is 0.272 e. The Morgan fingerprint density at radius 1 is 1.36 bits per heavy atom. The van der Waals surface area contributed by atoms with Crippen molar-refractivity contribution in [2.24, 2.45) is 4.99 Å². The van der Waals surface area contributed by atoms with E-state index in [1.165, 1.54) is 6.08 Å². The van der Waals surface area contributed by atoms with Crippen molar-refractivity contribution in [2.75, 3.05) is 20.8 Å². The first-order valence-electron chi connectivity index (χ1n) is 4.43. The average molecular weight is 219 g/mol. The molecule has 0 aromatic rings. The van der Waals surface area contributed by atoms with Gasteiger partial charge in [0.15, 0.2) is 10.5 Å². The van der Waals surface area contributed by atoms with Crippen LogP contribution in [0.15, 0.2) is 4.99 Å². The Morgan fingerprint density at radius 3 is 2.43 bits per heavy atom. The largest absolute Gasteiger partial charge is 0.380 e. The maximum absolute atomic E-state index is 9.77. The van der Waals surface area contributed by atoms with Crippen molar-refractivity contribution in [3.63, 3.8) is 0 Å². The first-order chi connectivity index (χ1) is 6.74. The van der Waals surface area contributed by atoms with Gasteiger partial charge in [-0.15, -0.1) is 0 Å². The highest BCUT2D eigenvalue weighted by atomic mass is 28.2. The van der Waals surface area contributed by atoms with Crippen LogP contribution in [0.25, 0.3) is 0 Å². The number of carbonyl (C=O) groups excluding carboxylic acids is 1. The molecule has 0 atom stereocenters. The van der Waals surface area contributed by atoms with E-state index in [9.17, 15) is 4.79 Å². The van der Waals surface area contributed by atoms with Crippen LogP contribution in [0, 0.1) is 0 Å². The van der Waals surface area contributed by atoms with Crippen LogP contribution in [0.3, 0.4) is 0 Å². The summed E-state index contributed by atoms with van der Waals surface area (Å²) in [6, 6.07) is 0. The van der Waals surface area contributed by atoms with Gasteiger partial charge in [-0.25, -0.2) is 9.79 Å². The summed E-state index contributed by atoms with van der Waals surface area (Å²) in [5, 5.41) is 0. The van der Waals surface area contributed by atoms with Crippen LogP contribution in [0.5, 0.6) is 0 Å². The molecule has 0 saturated carbocycles. The molecule has 0 aromatic heterocycles. The molecule has 0 rings (SSSR count). The van der Waals surface area contributed by atoms with Gasteiger partial charge in [-0.1, -0.05) is 0 Å². The summed E-state index contributed by atoms with van der Waals surface area (Å²) in [4.78, 5) is 13.2. The molecule has 14 heavy (non-hydrogen) atoms. The number of isocyanates is 1. The number of methoxy groups -OCH3 is 2. The Bertz CT molecular complexity index is 182. The summed E-state index contributed by atoms with van der Waals surface area (Å²) in [5.74, 6) is -0.906. The lowest BCUT2D eigenvalue weighted by Crippen LogP contribution is -2.36. The van der Waals surface area contributed by atoms with Crippen molar-refractivity contribution in [1.29, 1.82) is 0 Å². The molecule has 0 heterocycles. The van der Waals surface area contributed by atoms with E-state index in [0.29, 0.717) is 23.5 Å². The van der Waals surface area contributed by atoms with E-state index in [2.05, 4.69) is 4.99 Å². The van der Waals surface area contributed by atoms with Crippen LogP contribution >= 0.6 is 0 Å². The van der Waals surface area contributed by atoms with Crippen LogP contribution < -0.4 is 0 Å². The molecule has 0 aliphatic rings. The molecule has 0 aromatic carbocycles. The highest BCUT2D eigenvalue weighted by Crippen LogP contribution is 2.19. The Kier molecular flexibility index (Phi) is 7.55. The van der Waals surface area contributed by atoms with Crippen LogP contribution in [0.4, 0.5) is 0 Å². The maximum Gasteiger partial charge on any atom is 0.272 e. The lowest BCUT2D eigenvalue weighted by molar-refractivity contribution is -0.325. The molecule has 0 aliphatic carbocycles. The quantitative estimate of drug-likeness (QED) is 0.185. The second kappa shape index (κ2) is 7.84. The fraction of sp³-hybridized carbons (Fsp3) is 0.875. The molecule has 0 fully saturated rings. The van der Waals surface area contributed by atoms with E-state index >= 15 is 0 Å². The normalized spacial score (nSPS) is 11.3. The first kappa shape index (κ1) is 13.5. The predicted octanol–water partition coefficient (Wildman–Crippen LogP) is -0.264. The zero-order valence-corrected chi connectivity index (χ0v) is 10.9. The Balaban J connectivity index is 3.76. The number of aliphatic imine (C=N–C) groups is 1. The van der Waals surface area contributed by atoms with Gasteiger partial charge in [0.2, 0.25) is 6.08 Å². The minimum absolute atomic E-state index is 0.494. The zero-order chi connectivity index (χ0) is 10.9. The third-order valence-electron chi connectivity index (χ3n) is 2.00. The molecule has 0 radical (unpaired) electrons. The number of rotatable bonds is 8. The van der Waals surface area contributed by atoms with Gasteiger partial charge in [0.1, 0.15) is 0 Å². The number of unbranched alkanes of at least 4 members (excludes halogenated alkanes) is 1. The van der Waals surface area contributed by atoms with Crippen molar-refractivity contribution in [3.8, 4) is 0 Å². The van der Waals surface area contributed by atoms with Gasteiger partial charge in [0.25, 0.3) is 5.97 Å². The van der Waals surface area contributed by atoms with Crippen LogP contribution in [-0.4, -0.2) is 43.3 Å². The van der Waals surface area contributed by atoms with E-state index in [1.807, 2.05) is 0 Å². The van der Waals surface area contributed by atoms with Gasteiger partial charge in [0, 0.05) is 20.6 Å².